The predicted octanol–water partition coefficient (Wildman–Crippen LogP) is 4.62. The van der Waals surface area contributed by atoms with Crippen LogP contribution in [0.15, 0.2) is 46.9 Å². The van der Waals surface area contributed by atoms with Gasteiger partial charge in [-0.25, -0.2) is 9.37 Å². The number of halogens is 2. The van der Waals surface area contributed by atoms with Crippen LogP contribution in [0.3, 0.4) is 0 Å². The van der Waals surface area contributed by atoms with Crippen LogP contribution in [0.4, 0.5) is 4.39 Å². The number of ketones is 1. The molecule has 0 amide bonds. The number of benzene rings is 2. The molecule has 0 spiro atoms. The Morgan fingerprint density at radius 2 is 2.05 bits per heavy atom. The number of carbonyl (C=O) groups excluding carboxylic acids is 1. The molecule has 1 aromatic heterocycles. The van der Waals surface area contributed by atoms with Gasteiger partial charge in [-0.1, -0.05) is 12.1 Å². The van der Waals surface area contributed by atoms with Gasteiger partial charge in [-0.15, -0.1) is 11.3 Å². The fourth-order valence-electron chi connectivity index (χ4n) is 1.94. The molecular weight excluding hydrogens is 341 g/mol. The van der Waals surface area contributed by atoms with Crippen LogP contribution in [0.25, 0.3) is 10.2 Å². The summed E-state index contributed by atoms with van der Waals surface area (Å²) in [6.45, 7) is 0. The third-order valence-corrected chi connectivity index (χ3v) is 4.57. The molecule has 0 radical (unpaired) electrons. The molecule has 0 saturated heterocycles. The van der Waals surface area contributed by atoms with Crippen LogP contribution in [0, 0.1) is 5.82 Å². The lowest BCUT2D eigenvalue weighted by Gasteiger charge is -2.02. The summed E-state index contributed by atoms with van der Waals surface area (Å²) in [5.74, 6) is -0.440. The van der Waals surface area contributed by atoms with Crippen molar-refractivity contribution in [2.24, 2.45) is 0 Å². The van der Waals surface area contributed by atoms with E-state index in [9.17, 15) is 9.18 Å². The Balaban J connectivity index is 1.88. The second-order valence-corrected chi connectivity index (χ2v) is 6.27. The standard InChI is InChI=1S/C15H9BrFNOS/c16-11-7-9(17)5-6-10(11)13(19)8-15-18-12-3-1-2-4-14(12)20-15/h1-7H,8H2. The Labute approximate surface area is 127 Å². The summed E-state index contributed by atoms with van der Waals surface area (Å²) in [6, 6.07) is 11.9. The number of nitrogens with zero attached hydrogens (tertiary/aromatic N) is 1. The zero-order chi connectivity index (χ0) is 14.1. The molecule has 3 rings (SSSR count). The third-order valence-electron chi connectivity index (χ3n) is 2.88. The number of Topliss-reactive ketones (excluding diaryl/α,β-unsaturated/α-hetero) is 1. The highest BCUT2D eigenvalue weighted by atomic mass is 79.9. The number of thiazole rings is 1. The molecule has 0 aliphatic rings. The summed E-state index contributed by atoms with van der Waals surface area (Å²) in [4.78, 5) is 16.7. The Morgan fingerprint density at radius 1 is 1.25 bits per heavy atom. The maximum absolute atomic E-state index is 13.0. The van der Waals surface area contributed by atoms with Gasteiger partial charge in [0.25, 0.3) is 0 Å². The number of rotatable bonds is 3. The third kappa shape index (κ3) is 2.64. The van der Waals surface area contributed by atoms with Crippen molar-refractivity contribution in [1.29, 1.82) is 0 Å². The van der Waals surface area contributed by atoms with E-state index in [4.69, 9.17) is 0 Å². The van der Waals surface area contributed by atoms with Gasteiger partial charge in [-0.3, -0.25) is 4.79 Å². The Hall–Kier alpha value is -1.59. The second kappa shape index (κ2) is 5.42. The van der Waals surface area contributed by atoms with E-state index in [1.807, 2.05) is 24.3 Å². The highest BCUT2D eigenvalue weighted by Gasteiger charge is 2.14. The normalized spacial score (nSPS) is 10.9. The predicted molar refractivity (Wildman–Crippen MR) is 81.8 cm³/mol. The van der Waals surface area contributed by atoms with Gasteiger partial charge in [0.15, 0.2) is 5.78 Å². The number of aromatic nitrogens is 1. The fraction of sp³-hybridized carbons (Fsp3) is 0.0667. The van der Waals surface area contributed by atoms with Crippen LogP contribution in [-0.2, 0) is 6.42 Å². The van der Waals surface area contributed by atoms with Crippen molar-refractivity contribution < 1.29 is 9.18 Å². The van der Waals surface area contributed by atoms with Crippen LogP contribution in [-0.4, -0.2) is 10.8 Å². The molecule has 0 N–H and O–H groups in total. The van der Waals surface area contributed by atoms with Gasteiger partial charge in [0.2, 0.25) is 0 Å². The summed E-state index contributed by atoms with van der Waals surface area (Å²) in [5.41, 5.74) is 1.38. The van der Waals surface area contributed by atoms with Gasteiger partial charge in [0.05, 0.1) is 16.6 Å². The number of carbonyl (C=O) groups is 1. The van der Waals surface area contributed by atoms with Crippen molar-refractivity contribution in [3.63, 3.8) is 0 Å². The smallest absolute Gasteiger partial charge is 0.170 e. The Bertz CT molecular complexity index is 766. The molecule has 2 nitrogen and oxygen atoms in total. The van der Waals surface area contributed by atoms with E-state index in [-0.39, 0.29) is 18.0 Å². The molecule has 0 aliphatic carbocycles. The van der Waals surface area contributed by atoms with Gasteiger partial charge in [0.1, 0.15) is 10.8 Å². The van der Waals surface area contributed by atoms with Gasteiger partial charge < -0.3 is 0 Å². The molecule has 3 aromatic rings. The molecule has 2 aromatic carbocycles. The van der Waals surface area contributed by atoms with Gasteiger partial charge >= 0.3 is 0 Å². The van der Waals surface area contributed by atoms with E-state index in [2.05, 4.69) is 20.9 Å². The van der Waals surface area contributed by atoms with Gasteiger partial charge in [-0.05, 0) is 46.3 Å². The topological polar surface area (TPSA) is 30.0 Å². The summed E-state index contributed by atoms with van der Waals surface area (Å²) in [7, 11) is 0. The van der Waals surface area contributed by atoms with Crippen molar-refractivity contribution in [2.45, 2.75) is 6.42 Å². The number of hydrogen-bond donors (Lipinski definition) is 0. The molecule has 0 fully saturated rings. The van der Waals surface area contributed by atoms with E-state index in [0.29, 0.717) is 10.0 Å². The first-order valence-corrected chi connectivity index (χ1v) is 7.57. The minimum atomic E-state index is -0.367. The maximum atomic E-state index is 13.0. The van der Waals surface area contributed by atoms with Crippen LogP contribution in [0.5, 0.6) is 0 Å². The van der Waals surface area contributed by atoms with Crippen molar-refractivity contribution in [2.75, 3.05) is 0 Å². The van der Waals surface area contributed by atoms with Crippen LogP contribution in [0.1, 0.15) is 15.4 Å². The highest BCUT2D eigenvalue weighted by Crippen LogP contribution is 2.24. The lowest BCUT2D eigenvalue weighted by molar-refractivity contribution is 0.0992. The van der Waals surface area contributed by atoms with Crippen molar-refractivity contribution in [3.05, 3.63) is 63.3 Å². The van der Waals surface area contributed by atoms with Gasteiger partial charge in [0, 0.05) is 10.0 Å². The molecular formula is C15H9BrFNOS. The molecule has 5 heteroatoms. The van der Waals surface area contributed by atoms with Crippen molar-refractivity contribution in [3.8, 4) is 0 Å². The molecule has 0 saturated carbocycles. The average Bonchev–Trinajstić information content (AvgIpc) is 2.80. The summed E-state index contributed by atoms with van der Waals surface area (Å²) in [6.07, 6.45) is 0.226. The SMILES string of the molecule is O=C(Cc1nc2ccccc2s1)c1ccc(F)cc1Br. The van der Waals surface area contributed by atoms with E-state index in [0.717, 1.165) is 15.2 Å². The minimum Gasteiger partial charge on any atom is -0.294 e. The first-order valence-electron chi connectivity index (χ1n) is 5.96. The molecule has 0 bridgehead atoms. The van der Waals surface area contributed by atoms with Crippen LogP contribution in [0.2, 0.25) is 0 Å². The first kappa shape index (κ1) is 13.4. The Morgan fingerprint density at radius 3 is 2.80 bits per heavy atom. The van der Waals surface area contributed by atoms with Crippen LogP contribution < -0.4 is 0 Å². The molecule has 1 heterocycles. The monoisotopic (exact) mass is 349 g/mol. The zero-order valence-electron chi connectivity index (χ0n) is 10.3. The molecule has 100 valence electrons. The Kier molecular flexibility index (Phi) is 3.63. The van der Waals surface area contributed by atoms with Crippen LogP contribution >= 0.6 is 27.3 Å². The summed E-state index contributed by atoms with van der Waals surface area (Å²) >= 11 is 4.73. The summed E-state index contributed by atoms with van der Waals surface area (Å²) in [5, 5.41) is 0.771. The van der Waals surface area contributed by atoms with Crippen molar-refractivity contribution in [1.82, 2.24) is 4.98 Å². The minimum absolute atomic E-state index is 0.0732. The maximum Gasteiger partial charge on any atom is 0.170 e. The summed E-state index contributed by atoms with van der Waals surface area (Å²) < 4.78 is 14.6. The fourth-order valence-corrected chi connectivity index (χ4v) is 3.48. The highest BCUT2D eigenvalue weighted by molar-refractivity contribution is 9.10. The zero-order valence-corrected chi connectivity index (χ0v) is 12.7. The van der Waals surface area contributed by atoms with E-state index in [1.54, 1.807) is 0 Å². The number of hydrogen-bond acceptors (Lipinski definition) is 3. The quantitative estimate of drug-likeness (QED) is 0.645. The van der Waals surface area contributed by atoms with Crippen molar-refractivity contribution >= 4 is 43.3 Å². The largest absolute Gasteiger partial charge is 0.294 e. The molecule has 0 atom stereocenters. The number of para-hydroxylation sites is 1. The number of fused-ring (bicyclic) bond motifs is 1. The second-order valence-electron chi connectivity index (χ2n) is 4.30. The lowest BCUT2D eigenvalue weighted by atomic mass is 10.1. The average molecular weight is 350 g/mol. The van der Waals surface area contributed by atoms with E-state index >= 15 is 0 Å². The molecule has 20 heavy (non-hydrogen) atoms. The molecule has 0 aliphatic heterocycles. The lowest BCUT2D eigenvalue weighted by Crippen LogP contribution is -2.04. The van der Waals surface area contributed by atoms with E-state index < -0.39 is 0 Å². The van der Waals surface area contributed by atoms with E-state index in [1.165, 1.54) is 29.5 Å². The molecule has 0 unspecified atom stereocenters. The van der Waals surface area contributed by atoms with Gasteiger partial charge in [-0.2, -0.15) is 0 Å². The first-order chi connectivity index (χ1) is 9.63.